The van der Waals surface area contributed by atoms with Gasteiger partial charge >= 0.3 is 0 Å². The van der Waals surface area contributed by atoms with Gasteiger partial charge in [0.15, 0.2) is 0 Å². The summed E-state index contributed by atoms with van der Waals surface area (Å²) in [6.07, 6.45) is 0.847. The number of likely N-dealkylation sites (tertiary alicyclic amines) is 1. The molecule has 2 heterocycles. The van der Waals surface area contributed by atoms with E-state index in [0.717, 1.165) is 12.1 Å². The Morgan fingerprint density at radius 2 is 2.44 bits per heavy atom. The van der Waals surface area contributed by atoms with Crippen molar-refractivity contribution in [1.82, 2.24) is 10.1 Å². The summed E-state index contributed by atoms with van der Waals surface area (Å²) >= 11 is 0. The van der Waals surface area contributed by atoms with Crippen LogP contribution in [0.2, 0.25) is 0 Å². The smallest absolute Gasteiger partial charge is 0.292 e. The van der Waals surface area contributed by atoms with Gasteiger partial charge in [0.1, 0.15) is 0 Å². The molecular formula is C11H17N3O2. The molecule has 0 bridgehead atoms. The standard InChI is InChI=1S/C11H17N3O2/c1-7-6-14(4-3-9(7)12)11(15)10-5-8(2)13-16-10/h5,7,9H,3-4,6,12H2,1-2H3. The normalized spacial score (nSPS) is 25.8. The first kappa shape index (κ1) is 11.1. The van der Waals surface area contributed by atoms with Gasteiger partial charge in [-0.25, -0.2) is 0 Å². The Kier molecular flexibility index (Phi) is 2.96. The molecule has 1 aliphatic heterocycles. The molecule has 5 heteroatoms. The number of piperidine rings is 1. The molecule has 1 aliphatic rings. The summed E-state index contributed by atoms with van der Waals surface area (Å²) in [5, 5.41) is 3.72. The van der Waals surface area contributed by atoms with E-state index >= 15 is 0 Å². The largest absolute Gasteiger partial charge is 0.351 e. The third kappa shape index (κ3) is 2.09. The Labute approximate surface area is 94.6 Å². The molecule has 0 saturated carbocycles. The van der Waals surface area contributed by atoms with Gasteiger partial charge in [-0.15, -0.1) is 0 Å². The van der Waals surface area contributed by atoms with Crippen LogP contribution in [0.5, 0.6) is 0 Å². The Morgan fingerprint density at radius 3 is 3.00 bits per heavy atom. The van der Waals surface area contributed by atoms with Crippen LogP contribution in [0.3, 0.4) is 0 Å². The molecule has 2 N–H and O–H groups in total. The number of carbonyl (C=O) groups excluding carboxylic acids is 1. The van der Waals surface area contributed by atoms with E-state index < -0.39 is 0 Å². The predicted octanol–water partition coefficient (Wildman–Crippen LogP) is 0.792. The van der Waals surface area contributed by atoms with E-state index in [1.165, 1.54) is 0 Å². The molecule has 5 nitrogen and oxygen atoms in total. The zero-order valence-electron chi connectivity index (χ0n) is 9.64. The second-order valence-corrected chi connectivity index (χ2v) is 4.51. The maximum Gasteiger partial charge on any atom is 0.292 e. The second kappa shape index (κ2) is 4.25. The van der Waals surface area contributed by atoms with E-state index in [0.29, 0.717) is 24.8 Å². The van der Waals surface area contributed by atoms with Gasteiger partial charge < -0.3 is 15.2 Å². The molecule has 0 spiro atoms. The number of aryl methyl sites for hydroxylation is 1. The van der Waals surface area contributed by atoms with Gasteiger partial charge in [-0.05, 0) is 19.3 Å². The Morgan fingerprint density at radius 1 is 1.69 bits per heavy atom. The Balaban J connectivity index is 2.06. The molecule has 2 rings (SSSR count). The van der Waals surface area contributed by atoms with Gasteiger partial charge in [0.25, 0.3) is 5.91 Å². The van der Waals surface area contributed by atoms with Crippen LogP contribution in [0.1, 0.15) is 29.6 Å². The minimum atomic E-state index is -0.0839. The van der Waals surface area contributed by atoms with Gasteiger partial charge in [0.05, 0.1) is 5.69 Å². The molecular weight excluding hydrogens is 206 g/mol. The van der Waals surface area contributed by atoms with Gasteiger partial charge in [-0.1, -0.05) is 12.1 Å². The third-order valence-electron chi connectivity index (χ3n) is 3.10. The van der Waals surface area contributed by atoms with Crippen molar-refractivity contribution in [3.05, 3.63) is 17.5 Å². The summed E-state index contributed by atoms with van der Waals surface area (Å²) in [5.74, 6) is 0.571. The quantitative estimate of drug-likeness (QED) is 0.764. The third-order valence-corrected chi connectivity index (χ3v) is 3.10. The van der Waals surface area contributed by atoms with Crippen molar-refractivity contribution in [2.75, 3.05) is 13.1 Å². The summed E-state index contributed by atoms with van der Waals surface area (Å²) in [6.45, 7) is 5.26. The first-order chi connectivity index (χ1) is 7.58. The number of hydrogen-bond donors (Lipinski definition) is 1. The molecule has 1 saturated heterocycles. The minimum absolute atomic E-state index is 0.0839. The molecule has 1 aromatic heterocycles. The van der Waals surface area contributed by atoms with Crippen molar-refractivity contribution in [1.29, 1.82) is 0 Å². The van der Waals surface area contributed by atoms with Crippen LogP contribution in [-0.4, -0.2) is 35.1 Å². The molecule has 2 atom stereocenters. The monoisotopic (exact) mass is 223 g/mol. The molecule has 1 amide bonds. The van der Waals surface area contributed by atoms with E-state index in [9.17, 15) is 4.79 Å². The van der Waals surface area contributed by atoms with E-state index in [1.54, 1.807) is 17.9 Å². The van der Waals surface area contributed by atoms with Crippen molar-refractivity contribution in [2.24, 2.45) is 11.7 Å². The average molecular weight is 223 g/mol. The second-order valence-electron chi connectivity index (χ2n) is 4.51. The SMILES string of the molecule is Cc1cc(C(=O)N2CCC(N)C(C)C2)on1. The maximum atomic E-state index is 12.0. The van der Waals surface area contributed by atoms with Crippen molar-refractivity contribution < 1.29 is 9.32 Å². The Hall–Kier alpha value is -1.36. The van der Waals surface area contributed by atoms with Crippen LogP contribution in [-0.2, 0) is 0 Å². The first-order valence-corrected chi connectivity index (χ1v) is 5.56. The van der Waals surface area contributed by atoms with Gasteiger partial charge in [-0.2, -0.15) is 0 Å². The molecule has 1 aromatic rings. The number of nitrogens with two attached hydrogens (primary N) is 1. The van der Waals surface area contributed by atoms with Crippen molar-refractivity contribution >= 4 is 5.91 Å². The van der Waals surface area contributed by atoms with Crippen LogP contribution >= 0.6 is 0 Å². The fourth-order valence-electron chi connectivity index (χ4n) is 1.97. The van der Waals surface area contributed by atoms with Gasteiger partial charge in [0.2, 0.25) is 5.76 Å². The number of carbonyl (C=O) groups is 1. The minimum Gasteiger partial charge on any atom is -0.351 e. The molecule has 88 valence electrons. The molecule has 1 fully saturated rings. The summed E-state index contributed by atoms with van der Waals surface area (Å²) in [5.41, 5.74) is 6.64. The van der Waals surface area contributed by atoms with E-state index in [-0.39, 0.29) is 11.9 Å². The molecule has 0 radical (unpaired) electrons. The van der Waals surface area contributed by atoms with Crippen molar-refractivity contribution in [2.45, 2.75) is 26.3 Å². The maximum absolute atomic E-state index is 12.0. The lowest BCUT2D eigenvalue weighted by atomic mass is 9.95. The zero-order valence-corrected chi connectivity index (χ0v) is 9.64. The fraction of sp³-hybridized carbons (Fsp3) is 0.636. The predicted molar refractivity (Wildman–Crippen MR) is 58.9 cm³/mol. The van der Waals surface area contributed by atoms with Crippen LogP contribution < -0.4 is 5.73 Å². The van der Waals surface area contributed by atoms with Crippen LogP contribution in [0, 0.1) is 12.8 Å². The summed E-state index contributed by atoms with van der Waals surface area (Å²) < 4.78 is 4.97. The van der Waals surface area contributed by atoms with E-state index in [2.05, 4.69) is 12.1 Å². The fourth-order valence-corrected chi connectivity index (χ4v) is 1.97. The van der Waals surface area contributed by atoms with E-state index in [4.69, 9.17) is 10.3 Å². The highest BCUT2D eigenvalue weighted by Crippen LogP contribution is 2.17. The number of amides is 1. The lowest BCUT2D eigenvalue weighted by Gasteiger charge is -2.34. The van der Waals surface area contributed by atoms with E-state index in [1.807, 2.05) is 0 Å². The topological polar surface area (TPSA) is 72.4 Å². The lowest BCUT2D eigenvalue weighted by Crippen LogP contribution is -2.48. The highest BCUT2D eigenvalue weighted by molar-refractivity contribution is 5.91. The highest BCUT2D eigenvalue weighted by Gasteiger charge is 2.28. The molecule has 0 aromatic carbocycles. The summed E-state index contributed by atoms with van der Waals surface area (Å²) in [4.78, 5) is 13.8. The Bertz CT molecular complexity index is 388. The van der Waals surface area contributed by atoms with Gasteiger partial charge in [-0.3, -0.25) is 4.79 Å². The number of hydrogen-bond acceptors (Lipinski definition) is 4. The molecule has 0 aliphatic carbocycles. The molecule has 16 heavy (non-hydrogen) atoms. The zero-order chi connectivity index (χ0) is 11.7. The van der Waals surface area contributed by atoms with Crippen molar-refractivity contribution in [3.63, 3.8) is 0 Å². The number of aromatic nitrogens is 1. The van der Waals surface area contributed by atoms with Crippen LogP contribution in [0.4, 0.5) is 0 Å². The molecule has 2 unspecified atom stereocenters. The van der Waals surface area contributed by atoms with Crippen LogP contribution in [0.25, 0.3) is 0 Å². The average Bonchev–Trinajstić information content (AvgIpc) is 2.68. The first-order valence-electron chi connectivity index (χ1n) is 5.56. The number of rotatable bonds is 1. The highest BCUT2D eigenvalue weighted by atomic mass is 16.5. The number of nitrogens with zero attached hydrogens (tertiary/aromatic N) is 2. The summed E-state index contributed by atoms with van der Waals surface area (Å²) in [7, 11) is 0. The van der Waals surface area contributed by atoms with Gasteiger partial charge in [0, 0.05) is 25.2 Å². The van der Waals surface area contributed by atoms with Crippen molar-refractivity contribution in [3.8, 4) is 0 Å². The summed E-state index contributed by atoms with van der Waals surface area (Å²) in [6, 6.07) is 1.86. The lowest BCUT2D eigenvalue weighted by molar-refractivity contribution is 0.0622. The van der Waals surface area contributed by atoms with Crippen LogP contribution in [0.15, 0.2) is 10.6 Å².